The molecule has 1 fully saturated rings. The molecule has 5 nitrogen and oxygen atoms in total. The van der Waals surface area contributed by atoms with Gasteiger partial charge in [0.05, 0.1) is 4.88 Å². The monoisotopic (exact) mass is 427 g/mol. The lowest BCUT2D eigenvalue weighted by Gasteiger charge is -2.36. The summed E-state index contributed by atoms with van der Waals surface area (Å²) in [6.45, 7) is 1.15. The molecule has 8 heteroatoms. The second kappa shape index (κ2) is 8.62. The summed E-state index contributed by atoms with van der Waals surface area (Å²) >= 11 is 1.35. The second-order valence-electron chi connectivity index (χ2n) is 6.97. The van der Waals surface area contributed by atoms with Crippen LogP contribution in [0, 0.1) is 11.6 Å². The summed E-state index contributed by atoms with van der Waals surface area (Å²) in [4.78, 5) is 29.1. The maximum absolute atomic E-state index is 13.5. The van der Waals surface area contributed by atoms with Gasteiger partial charge in [0.2, 0.25) is 0 Å². The second-order valence-corrected chi connectivity index (χ2v) is 7.92. The quantitative estimate of drug-likeness (QED) is 0.615. The SMILES string of the molecule is O=C(Nc1cccc(N2CCCN(Cc3cc(F)cc(F)c3)C2=O)c1)c1cccs1. The fourth-order valence-electron chi connectivity index (χ4n) is 3.44. The van der Waals surface area contributed by atoms with Crippen molar-refractivity contribution < 1.29 is 18.4 Å². The molecule has 3 aromatic rings. The molecule has 3 amide bonds. The number of halogens is 2. The van der Waals surface area contributed by atoms with E-state index >= 15 is 0 Å². The molecule has 0 spiro atoms. The molecule has 1 aromatic heterocycles. The van der Waals surface area contributed by atoms with Gasteiger partial charge in [-0.2, -0.15) is 0 Å². The molecule has 0 unspecified atom stereocenters. The van der Waals surface area contributed by atoms with E-state index in [-0.39, 0.29) is 18.5 Å². The highest BCUT2D eigenvalue weighted by atomic mass is 32.1. The summed E-state index contributed by atoms with van der Waals surface area (Å²) in [7, 11) is 0. The Hall–Kier alpha value is -3.26. The van der Waals surface area contributed by atoms with E-state index in [2.05, 4.69) is 5.32 Å². The van der Waals surface area contributed by atoms with Crippen molar-refractivity contribution in [1.82, 2.24) is 4.90 Å². The number of amides is 3. The first kappa shape index (κ1) is 20.0. The number of nitrogens with one attached hydrogen (secondary N) is 1. The van der Waals surface area contributed by atoms with Gasteiger partial charge in [-0.15, -0.1) is 11.3 Å². The summed E-state index contributed by atoms with van der Waals surface area (Å²) < 4.78 is 27.0. The van der Waals surface area contributed by atoms with Crippen LogP contribution in [-0.4, -0.2) is 29.9 Å². The van der Waals surface area contributed by atoms with Crippen molar-refractivity contribution >= 4 is 34.6 Å². The molecule has 1 saturated heterocycles. The summed E-state index contributed by atoms with van der Waals surface area (Å²) in [6.07, 6.45) is 0.718. The molecule has 1 aliphatic heterocycles. The molecule has 4 rings (SSSR count). The van der Waals surface area contributed by atoms with E-state index in [1.807, 2.05) is 11.4 Å². The van der Waals surface area contributed by atoms with Crippen molar-refractivity contribution in [3.05, 3.63) is 82.1 Å². The Kier molecular flexibility index (Phi) is 5.76. The van der Waals surface area contributed by atoms with Crippen LogP contribution in [0.1, 0.15) is 21.7 Å². The minimum atomic E-state index is -0.666. The standard InChI is InChI=1S/C22H19F2N3O2S/c23-16-10-15(11-17(24)12-16)14-26-7-3-8-27(22(26)29)19-5-1-4-18(13-19)25-21(28)20-6-2-9-30-20/h1-2,4-6,9-13H,3,7-8,14H2,(H,25,28). The number of rotatable bonds is 5. The fourth-order valence-corrected chi connectivity index (χ4v) is 4.06. The van der Waals surface area contributed by atoms with Crippen LogP contribution in [0.25, 0.3) is 0 Å². The molecule has 2 aromatic carbocycles. The first-order chi connectivity index (χ1) is 14.5. The van der Waals surface area contributed by atoms with Crippen molar-refractivity contribution in [2.24, 2.45) is 0 Å². The summed E-state index contributed by atoms with van der Waals surface area (Å²) in [5.74, 6) is -1.54. The third-order valence-corrected chi connectivity index (χ3v) is 5.64. The summed E-state index contributed by atoms with van der Waals surface area (Å²) in [6, 6.07) is 13.7. The van der Waals surface area contributed by atoms with Crippen LogP contribution in [0.3, 0.4) is 0 Å². The Morgan fingerprint density at radius 2 is 1.83 bits per heavy atom. The smallest absolute Gasteiger partial charge is 0.321 e. The summed E-state index contributed by atoms with van der Waals surface area (Å²) in [5, 5.41) is 4.67. The van der Waals surface area contributed by atoms with E-state index < -0.39 is 11.6 Å². The number of hydrogen-bond donors (Lipinski definition) is 1. The highest BCUT2D eigenvalue weighted by Crippen LogP contribution is 2.25. The molecular weight excluding hydrogens is 408 g/mol. The molecular formula is C22H19F2N3O2S. The first-order valence-electron chi connectivity index (χ1n) is 9.46. The molecule has 0 bridgehead atoms. The van der Waals surface area contributed by atoms with Gasteiger partial charge >= 0.3 is 6.03 Å². The molecule has 1 N–H and O–H groups in total. The van der Waals surface area contributed by atoms with Crippen molar-refractivity contribution in [3.8, 4) is 0 Å². The van der Waals surface area contributed by atoms with Crippen molar-refractivity contribution in [1.29, 1.82) is 0 Å². The van der Waals surface area contributed by atoms with Gasteiger partial charge in [0.1, 0.15) is 11.6 Å². The van der Waals surface area contributed by atoms with E-state index in [1.165, 1.54) is 23.5 Å². The Balaban J connectivity index is 1.49. The van der Waals surface area contributed by atoms with Crippen LogP contribution in [0.5, 0.6) is 0 Å². The van der Waals surface area contributed by atoms with Crippen molar-refractivity contribution in [2.45, 2.75) is 13.0 Å². The van der Waals surface area contributed by atoms with Crippen molar-refractivity contribution in [2.75, 3.05) is 23.3 Å². The Bertz CT molecular complexity index is 1050. The minimum Gasteiger partial charge on any atom is -0.321 e. The zero-order chi connectivity index (χ0) is 21.1. The van der Waals surface area contributed by atoms with Crippen LogP contribution in [0.15, 0.2) is 60.0 Å². The van der Waals surface area contributed by atoms with Gasteiger partial charge in [-0.05, 0) is 53.8 Å². The van der Waals surface area contributed by atoms with Gasteiger partial charge in [0.15, 0.2) is 0 Å². The molecule has 1 aliphatic rings. The predicted molar refractivity (Wildman–Crippen MR) is 113 cm³/mol. The van der Waals surface area contributed by atoms with Gasteiger partial charge in [0.25, 0.3) is 5.91 Å². The van der Waals surface area contributed by atoms with Gasteiger partial charge in [-0.25, -0.2) is 13.6 Å². The molecule has 154 valence electrons. The Morgan fingerprint density at radius 1 is 1.03 bits per heavy atom. The largest absolute Gasteiger partial charge is 0.324 e. The summed E-state index contributed by atoms with van der Waals surface area (Å²) in [5.41, 5.74) is 1.64. The lowest BCUT2D eigenvalue weighted by Crippen LogP contribution is -2.49. The van der Waals surface area contributed by atoms with E-state index in [0.29, 0.717) is 34.9 Å². The fraction of sp³-hybridized carbons (Fsp3) is 0.182. The molecule has 0 atom stereocenters. The third-order valence-electron chi connectivity index (χ3n) is 4.77. The van der Waals surface area contributed by atoms with Gasteiger partial charge in [-0.1, -0.05) is 12.1 Å². The zero-order valence-electron chi connectivity index (χ0n) is 16.0. The maximum Gasteiger partial charge on any atom is 0.324 e. The topological polar surface area (TPSA) is 52.7 Å². The number of anilines is 2. The normalized spacial score (nSPS) is 14.1. The Labute approximate surface area is 176 Å². The van der Waals surface area contributed by atoms with Crippen LogP contribution >= 0.6 is 11.3 Å². The lowest BCUT2D eigenvalue weighted by atomic mass is 10.1. The van der Waals surface area contributed by atoms with E-state index in [4.69, 9.17) is 0 Å². The number of thiophene rings is 1. The van der Waals surface area contributed by atoms with E-state index in [1.54, 1.807) is 40.1 Å². The average Bonchev–Trinajstić information content (AvgIpc) is 3.24. The number of benzene rings is 2. The molecule has 0 aliphatic carbocycles. The lowest BCUT2D eigenvalue weighted by molar-refractivity contribution is 0.103. The number of carbonyl (C=O) groups is 2. The average molecular weight is 427 g/mol. The molecule has 30 heavy (non-hydrogen) atoms. The first-order valence-corrected chi connectivity index (χ1v) is 10.3. The molecule has 2 heterocycles. The van der Waals surface area contributed by atoms with Gasteiger partial charge < -0.3 is 10.2 Å². The van der Waals surface area contributed by atoms with Crippen LogP contribution in [0.2, 0.25) is 0 Å². The minimum absolute atomic E-state index is 0.124. The number of urea groups is 1. The third kappa shape index (κ3) is 4.49. The maximum atomic E-state index is 13.5. The molecule has 0 saturated carbocycles. The van der Waals surface area contributed by atoms with Crippen LogP contribution in [-0.2, 0) is 6.54 Å². The van der Waals surface area contributed by atoms with E-state index in [0.717, 1.165) is 12.5 Å². The van der Waals surface area contributed by atoms with Crippen LogP contribution < -0.4 is 10.2 Å². The number of hydrogen-bond acceptors (Lipinski definition) is 3. The zero-order valence-corrected chi connectivity index (χ0v) is 16.8. The van der Waals surface area contributed by atoms with Gasteiger partial charge in [-0.3, -0.25) is 9.69 Å². The Morgan fingerprint density at radius 3 is 2.57 bits per heavy atom. The van der Waals surface area contributed by atoms with Crippen LogP contribution in [0.4, 0.5) is 25.0 Å². The number of nitrogens with zero attached hydrogens (tertiary/aromatic N) is 2. The van der Waals surface area contributed by atoms with Crippen molar-refractivity contribution in [3.63, 3.8) is 0 Å². The highest BCUT2D eigenvalue weighted by molar-refractivity contribution is 7.12. The van der Waals surface area contributed by atoms with E-state index in [9.17, 15) is 18.4 Å². The number of carbonyl (C=O) groups excluding carboxylic acids is 2. The predicted octanol–water partition coefficient (Wildman–Crippen LogP) is 5.11. The highest BCUT2D eigenvalue weighted by Gasteiger charge is 2.27. The molecule has 0 radical (unpaired) electrons. The van der Waals surface area contributed by atoms with Gasteiger partial charge in [0, 0.05) is 37.1 Å².